The van der Waals surface area contributed by atoms with Crippen LogP contribution in [0.15, 0.2) is 36.4 Å². The highest BCUT2D eigenvalue weighted by Gasteiger charge is 2.17. The Morgan fingerprint density at radius 3 is 2.00 bits per heavy atom. The van der Waals surface area contributed by atoms with E-state index in [4.69, 9.17) is 0 Å². The van der Waals surface area contributed by atoms with E-state index in [2.05, 4.69) is 15.9 Å². The first-order valence-electron chi connectivity index (χ1n) is 5.34. The van der Waals surface area contributed by atoms with Gasteiger partial charge in [0.1, 0.15) is 17.5 Å². The summed E-state index contributed by atoms with van der Waals surface area (Å²) in [6.45, 7) is 1.74. The zero-order valence-corrected chi connectivity index (χ0v) is 11.1. The van der Waals surface area contributed by atoms with Crippen LogP contribution in [0.4, 0.5) is 13.2 Å². The number of rotatable bonds is 2. The lowest BCUT2D eigenvalue weighted by molar-refractivity contribution is 0.574. The fourth-order valence-corrected chi connectivity index (χ4v) is 2.68. The van der Waals surface area contributed by atoms with E-state index in [-0.39, 0.29) is 5.82 Å². The van der Waals surface area contributed by atoms with Crippen molar-refractivity contribution in [2.75, 3.05) is 0 Å². The molecule has 0 spiro atoms. The SMILES string of the molecule is Cc1cc(F)ccc1C(Br)c1ccc(F)cc1F. The van der Waals surface area contributed by atoms with Gasteiger partial charge in [-0.05, 0) is 36.2 Å². The normalized spacial score (nSPS) is 12.5. The van der Waals surface area contributed by atoms with Gasteiger partial charge in [0.15, 0.2) is 0 Å². The van der Waals surface area contributed by atoms with Gasteiger partial charge < -0.3 is 0 Å². The molecule has 0 saturated heterocycles. The Hall–Kier alpha value is -1.29. The summed E-state index contributed by atoms with van der Waals surface area (Å²) in [5, 5.41) is 0. The second kappa shape index (κ2) is 5.14. The number of aryl methyl sites for hydroxylation is 1. The lowest BCUT2D eigenvalue weighted by Gasteiger charge is -2.14. The molecule has 0 aliphatic carbocycles. The van der Waals surface area contributed by atoms with E-state index in [0.717, 1.165) is 11.6 Å². The maximum absolute atomic E-state index is 13.7. The van der Waals surface area contributed by atoms with Gasteiger partial charge in [-0.1, -0.05) is 28.1 Å². The van der Waals surface area contributed by atoms with Gasteiger partial charge in [-0.3, -0.25) is 0 Å². The largest absolute Gasteiger partial charge is 0.207 e. The van der Waals surface area contributed by atoms with E-state index in [0.29, 0.717) is 11.1 Å². The van der Waals surface area contributed by atoms with Crippen molar-refractivity contribution in [2.45, 2.75) is 11.8 Å². The van der Waals surface area contributed by atoms with E-state index in [9.17, 15) is 13.2 Å². The summed E-state index contributed by atoms with van der Waals surface area (Å²) in [5.41, 5.74) is 1.79. The molecular formula is C14H10BrF3. The first-order chi connectivity index (χ1) is 8.49. The highest BCUT2D eigenvalue weighted by Crippen LogP contribution is 2.34. The van der Waals surface area contributed by atoms with Crippen molar-refractivity contribution in [1.82, 2.24) is 0 Å². The first-order valence-corrected chi connectivity index (χ1v) is 6.25. The van der Waals surface area contributed by atoms with Gasteiger partial charge in [0, 0.05) is 11.6 Å². The summed E-state index contributed by atoms with van der Waals surface area (Å²) in [6.07, 6.45) is 0. The molecule has 0 amide bonds. The van der Waals surface area contributed by atoms with E-state index in [1.807, 2.05) is 0 Å². The van der Waals surface area contributed by atoms with Crippen molar-refractivity contribution < 1.29 is 13.2 Å². The van der Waals surface area contributed by atoms with Crippen LogP contribution >= 0.6 is 15.9 Å². The van der Waals surface area contributed by atoms with Crippen molar-refractivity contribution in [3.63, 3.8) is 0 Å². The van der Waals surface area contributed by atoms with Gasteiger partial charge in [0.2, 0.25) is 0 Å². The van der Waals surface area contributed by atoms with Crippen LogP contribution in [0.3, 0.4) is 0 Å². The summed E-state index contributed by atoms with van der Waals surface area (Å²) in [4.78, 5) is -0.432. The lowest BCUT2D eigenvalue weighted by Crippen LogP contribution is -2.00. The standard InChI is InChI=1S/C14H10BrF3/c1-8-6-9(16)2-4-11(8)14(15)12-5-3-10(17)7-13(12)18/h2-7,14H,1H3. The number of halogens is 4. The molecular weight excluding hydrogens is 305 g/mol. The molecule has 0 aliphatic rings. The smallest absolute Gasteiger partial charge is 0.130 e. The molecule has 18 heavy (non-hydrogen) atoms. The summed E-state index contributed by atoms with van der Waals surface area (Å²) >= 11 is 3.36. The average Bonchev–Trinajstić information content (AvgIpc) is 2.28. The van der Waals surface area contributed by atoms with E-state index < -0.39 is 16.5 Å². The van der Waals surface area contributed by atoms with Gasteiger partial charge in [-0.25, -0.2) is 13.2 Å². The Morgan fingerprint density at radius 1 is 0.889 bits per heavy atom. The molecule has 0 N–H and O–H groups in total. The van der Waals surface area contributed by atoms with Gasteiger partial charge in [0.05, 0.1) is 4.83 Å². The van der Waals surface area contributed by atoms with Gasteiger partial charge in [-0.15, -0.1) is 0 Å². The first kappa shape index (κ1) is 13.1. The molecule has 1 unspecified atom stereocenters. The molecule has 0 saturated carbocycles. The minimum Gasteiger partial charge on any atom is -0.207 e. The minimum absolute atomic E-state index is 0.325. The summed E-state index contributed by atoms with van der Waals surface area (Å²) in [7, 11) is 0. The highest BCUT2D eigenvalue weighted by molar-refractivity contribution is 9.09. The Balaban J connectivity index is 2.44. The second-order valence-electron chi connectivity index (χ2n) is 4.03. The van der Waals surface area contributed by atoms with E-state index in [1.165, 1.54) is 24.3 Å². The quantitative estimate of drug-likeness (QED) is 0.692. The molecule has 0 nitrogen and oxygen atoms in total. The van der Waals surface area contributed by atoms with Crippen LogP contribution in [0, 0.1) is 24.4 Å². The molecule has 0 radical (unpaired) electrons. The highest BCUT2D eigenvalue weighted by atomic mass is 79.9. The number of benzene rings is 2. The molecule has 0 heterocycles. The zero-order chi connectivity index (χ0) is 13.3. The zero-order valence-electron chi connectivity index (χ0n) is 9.55. The molecule has 2 aromatic rings. The van der Waals surface area contributed by atoms with Gasteiger partial charge in [-0.2, -0.15) is 0 Å². The van der Waals surface area contributed by atoms with Crippen LogP contribution in [0.1, 0.15) is 21.5 Å². The molecule has 0 fully saturated rings. The maximum Gasteiger partial charge on any atom is 0.130 e. The number of hydrogen-bond donors (Lipinski definition) is 0. The molecule has 1 atom stereocenters. The Morgan fingerprint density at radius 2 is 1.44 bits per heavy atom. The van der Waals surface area contributed by atoms with Gasteiger partial charge >= 0.3 is 0 Å². The average molecular weight is 315 g/mol. The van der Waals surface area contributed by atoms with Crippen LogP contribution in [0.2, 0.25) is 0 Å². The Labute approximate surface area is 112 Å². The monoisotopic (exact) mass is 314 g/mol. The van der Waals surface area contributed by atoms with Crippen molar-refractivity contribution in [3.8, 4) is 0 Å². The van der Waals surface area contributed by atoms with Crippen LogP contribution < -0.4 is 0 Å². The molecule has 2 aromatic carbocycles. The third-order valence-corrected chi connectivity index (χ3v) is 3.73. The second-order valence-corrected chi connectivity index (χ2v) is 4.94. The molecule has 0 aromatic heterocycles. The van der Waals surface area contributed by atoms with Gasteiger partial charge in [0.25, 0.3) is 0 Å². The van der Waals surface area contributed by atoms with Crippen molar-refractivity contribution in [1.29, 1.82) is 0 Å². The third kappa shape index (κ3) is 2.58. The lowest BCUT2D eigenvalue weighted by atomic mass is 10.00. The summed E-state index contributed by atoms with van der Waals surface area (Å²) in [6, 6.07) is 7.71. The molecule has 0 aliphatic heterocycles. The Bertz CT molecular complexity index is 530. The van der Waals surface area contributed by atoms with Crippen molar-refractivity contribution >= 4 is 15.9 Å². The Kier molecular flexibility index (Phi) is 3.76. The third-order valence-electron chi connectivity index (χ3n) is 2.74. The topological polar surface area (TPSA) is 0 Å². The molecule has 0 bridgehead atoms. The predicted molar refractivity (Wildman–Crippen MR) is 68.3 cm³/mol. The predicted octanol–water partition coefficient (Wildman–Crippen LogP) is 4.90. The van der Waals surface area contributed by atoms with E-state index in [1.54, 1.807) is 13.0 Å². The summed E-state index contributed by atoms with van der Waals surface area (Å²) < 4.78 is 39.5. The molecule has 94 valence electrons. The van der Waals surface area contributed by atoms with Crippen LogP contribution in [0.5, 0.6) is 0 Å². The minimum atomic E-state index is -0.624. The summed E-state index contributed by atoms with van der Waals surface area (Å²) in [5.74, 6) is -1.58. The van der Waals surface area contributed by atoms with Crippen molar-refractivity contribution in [2.24, 2.45) is 0 Å². The van der Waals surface area contributed by atoms with Crippen LogP contribution in [-0.2, 0) is 0 Å². The fraction of sp³-hybridized carbons (Fsp3) is 0.143. The maximum atomic E-state index is 13.7. The van der Waals surface area contributed by atoms with Crippen LogP contribution in [0.25, 0.3) is 0 Å². The molecule has 2 rings (SSSR count). The van der Waals surface area contributed by atoms with Crippen LogP contribution in [-0.4, -0.2) is 0 Å². The number of alkyl halides is 1. The molecule has 4 heteroatoms. The fourth-order valence-electron chi connectivity index (χ4n) is 1.80. The number of hydrogen-bond acceptors (Lipinski definition) is 0. The van der Waals surface area contributed by atoms with Crippen molar-refractivity contribution in [3.05, 3.63) is 70.5 Å². The van der Waals surface area contributed by atoms with E-state index >= 15 is 0 Å².